The van der Waals surface area contributed by atoms with Crippen molar-refractivity contribution in [2.75, 3.05) is 26.2 Å². The van der Waals surface area contributed by atoms with Gasteiger partial charge in [-0.15, -0.1) is 0 Å². The van der Waals surface area contributed by atoms with Crippen molar-refractivity contribution in [3.63, 3.8) is 0 Å². The zero-order valence-electron chi connectivity index (χ0n) is 15.5. The average molecular weight is 381 g/mol. The number of piperidine rings is 1. The second-order valence-corrected chi connectivity index (χ2v) is 8.53. The van der Waals surface area contributed by atoms with E-state index in [1.165, 1.54) is 4.31 Å². The van der Waals surface area contributed by atoms with Gasteiger partial charge >= 0.3 is 0 Å². The molecule has 1 aliphatic heterocycles. The molecule has 0 bridgehead atoms. The van der Waals surface area contributed by atoms with Crippen LogP contribution in [-0.4, -0.2) is 50.7 Å². The van der Waals surface area contributed by atoms with Crippen LogP contribution in [0.25, 0.3) is 0 Å². The topological polar surface area (TPSA) is 95.6 Å². The number of hydrogen-bond donors (Lipinski definition) is 2. The Morgan fingerprint density at radius 1 is 1.12 bits per heavy atom. The molecular formula is C18H27N3O4S. The van der Waals surface area contributed by atoms with Gasteiger partial charge in [-0.2, -0.15) is 4.31 Å². The van der Waals surface area contributed by atoms with Gasteiger partial charge in [0.1, 0.15) is 0 Å². The average Bonchev–Trinajstić information content (AvgIpc) is 2.62. The third kappa shape index (κ3) is 4.82. The van der Waals surface area contributed by atoms with Gasteiger partial charge in [0.15, 0.2) is 0 Å². The zero-order valence-corrected chi connectivity index (χ0v) is 16.4. The zero-order chi connectivity index (χ0) is 19.3. The van der Waals surface area contributed by atoms with Gasteiger partial charge in [0.05, 0.1) is 11.4 Å². The van der Waals surface area contributed by atoms with Crippen LogP contribution in [0.3, 0.4) is 0 Å². The molecule has 0 spiro atoms. The second-order valence-electron chi connectivity index (χ2n) is 6.60. The van der Waals surface area contributed by atoms with Crippen molar-refractivity contribution in [2.45, 2.75) is 38.5 Å². The van der Waals surface area contributed by atoms with E-state index in [1.54, 1.807) is 12.1 Å². The fraction of sp³-hybridized carbons (Fsp3) is 0.556. The maximum atomic E-state index is 12.8. The summed E-state index contributed by atoms with van der Waals surface area (Å²) in [5, 5.41) is 5.23. The molecule has 144 valence electrons. The summed E-state index contributed by atoms with van der Waals surface area (Å²) in [5.41, 5.74) is 1.98. The van der Waals surface area contributed by atoms with Gasteiger partial charge in [0.2, 0.25) is 21.8 Å². The van der Waals surface area contributed by atoms with Crippen molar-refractivity contribution in [1.82, 2.24) is 14.9 Å². The lowest BCUT2D eigenvalue weighted by molar-refractivity contribution is -0.129. The van der Waals surface area contributed by atoms with Crippen molar-refractivity contribution < 1.29 is 18.0 Å². The molecule has 0 aromatic heterocycles. The lowest BCUT2D eigenvalue weighted by Gasteiger charge is -2.30. The minimum absolute atomic E-state index is 0.0478. The summed E-state index contributed by atoms with van der Waals surface area (Å²) in [6.45, 7) is 6.71. The predicted octanol–water partition coefficient (Wildman–Crippen LogP) is 0.956. The Labute approximate surface area is 155 Å². The fourth-order valence-electron chi connectivity index (χ4n) is 2.95. The van der Waals surface area contributed by atoms with Crippen LogP contribution in [0.5, 0.6) is 0 Å². The van der Waals surface area contributed by atoms with E-state index in [-0.39, 0.29) is 24.3 Å². The molecule has 1 heterocycles. The SMILES string of the molecule is CCNC(=O)CNC(=O)C1CCN(S(=O)(=O)c2ccc(C)c(C)c2)CC1. The quantitative estimate of drug-likeness (QED) is 0.767. The standard InChI is InChI=1S/C18H27N3O4S/c1-4-19-17(22)12-20-18(23)15-7-9-21(10-8-15)26(24,25)16-6-5-13(2)14(3)11-16/h5-6,11,15H,4,7-10,12H2,1-3H3,(H,19,22)(H,20,23). The molecule has 0 saturated carbocycles. The van der Waals surface area contributed by atoms with Gasteiger partial charge < -0.3 is 10.6 Å². The normalized spacial score (nSPS) is 16.3. The summed E-state index contributed by atoms with van der Waals surface area (Å²) in [4.78, 5) is 23.9. The van der Waals surface area contributed by atoms with E-state index in [2.05, 4.69) is 10.6 Å². The summed E-state index contributed by atoms with van der Waals surface area (Å²) in [5.74, 6) is -0.689. The number of likely N-dealkylation sites (N-methyl/N-ethyl adjacent to an activating group) is 1. The molecule has 0 unspecified atom stereocenters. The molecule has 0 aliphatic carbocycles. The number of rotatable bonds is 6. The molecule has 0 radical (unpaired) electrons. The van der Waals surface area contributed by atoms with Crippen LogP contribution < -0.4 is 10.6 Å². The van der Waals surface area contributed by atoms with E-state index >= 15 is 0 Å². The number of nitrogens with one attached hydrogen (secondary N) is 2. The Morgan fingerprint density at radius 2 is 1.77 bits per heavy atom. The lowest BCUT2D eigenvalue weighted by atomic mass is 9.97. The van der Waals surface area contributed by atoms with E-state index in [0.717, 1.165) is 11.1 Å². The Balaban J connectivity index is 1.93. The van der Waals surface area contributed by atoms with Crippen LogP contribution in [0, 0.1) is 19.8 Å². The number of amides is 2. The first-order valence-corrected chi connectivity index (χ1v) is 10.3. The highest BCUT2D eigenvalue weighted by molar-refractivity contribution is 7.89. The lowest BCUT2D eigenvalue weighted by Crippen LogP contribution is -2.45. The second kappa shape index (κ2) is 8.64. The van der Waals surface area contributed by atoms with Crippen molar-refractivity contribution in [1.29, 1.82) is 0 Å². The van der Waals surface area contributed by atoms with Crippen molar-refractivity contribution in [3.8, 4) is 0 Å². The first kappa shape index (κ1) is 20.4. The van der Waals surface area contributed by atoms with E-state index < -0.39 is 10.0 Å². The molecule has 1 fully saturated rings. The van der Waals surface area contributed by atoms with Crippen LogP contribution in [0.1, 0.15) is 30.9 Å². The first-order chi connectivity index (χ1) is 12.3. The van der Waals surface area contributed by atoms with Crippen LogP contribution in [0.15, 0.2) is 23.1 Å². The molecular weight excluding hydrogens is 354 g/mol. The summed E-state index contributed by atoms with van der Waals surface area (Å²) in [6.07, 6.45) is 0.899. The van der Waals surface area contributed by atoms with E-state index in [4.69, 9.17) is 0 Å². The molecule has 2 N–H and O–H groups in total. The maximum Gasteiger partial charge on any atom is 0.243 e. The Morgan fingerprint density at radius 3 is 2.35 bits per heavy atom. The minimum Gasteiger partial charge on any atom is -0.355 e. The monoisotopic (exact) mass is 381 g/mol. The molecule has 2 amide bonds. The molecule has 1 aromatic rings. The van der Waals surface area contributed by atoms with Gasteiger partial charge in [-0.1, -0.05) is 6.07 Å². The number of carbonyl (C=O) groups is 2. The predicted molar refractivity (Wildman–Crippen MR) is 99.1 cm³/mol. The number of carbonyl (C=O) groups excluding carboxylic acids is 2. The first-order valence-electron chi connectivity index (χ1n) is 8.87. The smallest absolute Gasteiger partial charge is 0.243 e. The van der Waals surface area contributed by atoms with Crippen LogP contribution >= 0.6 is 0 Å². The Hall–Kier alpha value is -1.93. The highest BCUT2D eigenvalue weighted by atomic mass is 32.2. The summed E-state index contributed by atoms with van der Waals surface area (Å²) in [6, 6.07) is 5.13. The highest BCUT2D eigenvalue weighted by Crippen LogP contribution is 2.25. The number of nitrogens with zero attached hydrogens (tertiary/aromatic N) is 1. The fourth-order valence-corrected chi connectivity index (χ4v) is 4.51. The van der Waals surface area contributed by atoms with E-state index in [1.807, 2.05) is 26.8 Å². The summed E-state index contributed by atoms with van der Waals surface area (Å²) >= 11 is 0. The number of aryl methyl sites for hydroxylation is 2. The van der Waals surface area contributed by atoms with Crippen LogP contribution in [0.4, 0.5) is 0 Å². The third-order valence-electron chi connectivity index (χ3n) is 4.74. The molecule has 2 rings (SSSR count). The summed E-state index contributed by atoms with van der Waals surface area (Å²) < 4.78 is 27.0. The van der Waals surface area contributed by atoms with Crippen molar-refractivity contribution >= 4 is 21.8 Å². The Kier molecular flexibility index (Phi) is 6.77. The molecule has 0 atom stereocenters. The van der Waals surface area contributed by atoms with Gasteiger partial charge in [0, 0.05) is 25.6 Å². The van der Waals surface area contributed by atoms with Crippen LogP contribution in [0.2, 0.25) is 0 Å². The summed E-state index contributed by atoms with van der Waals surface area (Å²) in [7, 11) is -3.55. The third-order valence-corrected chi connectivity index (χ3v) is 6.63. The molecule has 1 saturated heterocycles. The largest absolute Gasteiger partial charge is 0.355 e. The molecule has 1 aromatic carbocycles. The number of sulfonamides is 1. The van der Waals surface area contributed by atoms with Gasteiger partial charge in [-0.25, -0.2) is 8.42 Å². The molecule has 26 heavy (non-hydrogen) atoms. The minimum atomic E-state index is -3.55. The van der Waals surface area contributed by atoms with Gasteiger partial charge in [-0.05, 0) is 56.9 Å². The van der Waals surface area contributed by atoms with Crippen LogP contribution in [-0.2, 0) is 19.6 Å². The van der Waals surface area contributed by atoms with Crippen molar-refractivity contribution in [2.24, 2.45) is 5.92 Å². The van der Waals surface area contributed by atoms with Gasteiger partial charge in [0.25, 0.3) is 0 Å². The van der Waals surface area contributed by atoms with E-state index in [9.17, 15) is 18.0 Å². The highest BCUT2D eigenvalue weighted by Gasteiger charge is 2.32. The van der Waals surface area contributed by atoms with Crippen molar-refractivity contribution in [3.05, 3.63) is 29.3 Å². The molecule has 7 nitrogen and oxygen atoms in total. The Bertz CT molecular complexity index is 769. The maximum absolute atomic E-state index is 12.8. The number of hydrogen-bond acceptors (Lipinski definition) is 4. The van der Waals surface area contributed by atoms with Gasteiger partial charge in [-0.3, -0.25) is 9.59 Å². The molecule has 8 heteroatoms. The molecule has 1 aliphatic rings. The van der Waals surface area contributed by atoms with E-state index in [0.29, 0.717) is 37.4 Å². The number of benzene rings is 1.